The number of carboxylic acid groups (broad SMARTS) is 1. The third-order valence-corrected chi connectivity index (χ3v) is 3.17. The molecule has 5 nitrogen and oxygen atoms in total. The van der Waals surface area contributed by atoms with Crippen molar-refractivity contribution in [2.75, 3.05) is 11.9 Å². The van der Waals surface area contributed by atoms with Crippen LogP contribution in [0, 0.1) is 0 Å². The highest BCUT2D eigenvalue weighted by Gasteiger charge is 2.05. The third kappa shape index (κ3) is 3.15. The van der Waals surface area contributed by atoms with Gasteiger partial charge in [0, 0.05) is 6.07 Å². The van der Waals surface area contributed by atoms with Crippen LogP contribution in [0.3, 0.4) is 0 Å². The van der Waals surface area contributed by atoms with E-state index in [0.29, 0.717) is 15.8 Å². The summed E-state index contributed by atoms with van der Waals surface area (Å²) in [6.45, 7) is -0.179. The smallest absolute Gasteiger partial charge is 0.322 e. The average molecular weight is 270 g/mol. The van der Waals surface area contributed by atoms with Gasteiger partial charge in [0.25, 0.3) is 0 Å². The first-order chi connectivity index (χ1) is 8.15. The number of aromatic nitrogens is 2. The Hall–Kier alpha value is -1.66. The molecule has 0 fully saturated rings. The summed E-state index contributed by atoms with van der Waals surface area (Å²) in [5.41, 5.74) is 0.713. The fourth-order valence-electron chi connectivity index (χ4n) is 1.21. The lowest BCUT2D eigenvalue weighted by molar-refractivity contribution is -0.134. The Kier molecular flexibility index (Phi) is 3.55. The summed E-state index contributed by atoms with van der Waals surface area (Å²) < 4.78 is 0.679. The first-order valence-corrected chi connectivity index (χ1v) is 5.88. The summed E-state index contributed by atoms with van der Waals surface area (Å²) in [6, 6.07) is 5.33. The second-order valence-electron chi connectivity index (χ2n) is 3.14. The van der Waals surface area contributed by atoms with Crippen molar-refractivity contribution >= 4 is 34.7 Å². The average Bonchev–Trinajstić information content (AvgIpc) is 2.74. The molecule has 2 N–H and O–H groups in total. The number of nitrogens with one attached hydrogen (secondary N) is 1. The summed E-state index contributed by atoms with van der Waals surface area (Å²) >= 11 is 7.24. The molecule has 0 amide bonds. The summed E-state index contributed by atoms with van der Waals surface area (Å²) in [5.74, 6) is -0.466. The quantitative estimate of drug-likeness (QED) is 0.891. The van der Waals surface area contributed by atoms with Crippen LogP contribution in [-0.2, 0) is 4.79 Å². The molecule has 0 unspecified atom stereocenters. The van der Waals surface area contributed by atoms with Gasteiger partial charge in [-0.1, -0.05) is 11.6 Å². The molecule has 0 saturated carbocycles. The Balaban J connectivity index is 2.19. The van der Waals surface area contributed by atoms with Crippen LogP contribution in [0.25, 0.3) is 10.6 Å². The zero-order valence-electron chi connectivity index (χ0n) is 8.55. The first-order valence-electron chi connectivity index (χ1n) is 4.68. The van der Waals surface area contributed by atoms with Gasteiger partial charge in [-0.05, 0) is 12.1 Å². The van der Waals surface area contributed by atoms with E-state index in [4.69, 9.17) is 16.7 Å². The maximum atomic E-state index is 10.4. The highest BCUT2D eigenvalue weighted by molar-refractivity contribution is 7.19. The van der Waals surface area contributed by atoms with Crippen LogP contribution in [0.2, 0.25) is 4.34 Å². The molecule has 0 aromatic carbocycles. The number of rotatable bonds is 4. The van der Waals surface area contributed by atoms with E-state index < -0.39 is 5.97 Å². The number of halogens is 1. The van der Waals surface area contributed by atoms with Gasteiger partial charge in [0.15, 0.2) is 0 Å². The van der Waals surface area contributed by atoms with Crippen molar-refractivity contribution in [3.05, 3.63) is 28.9 Å². The summed E-state index contributed by atoms with van der Waals surface area (Å²) in [4.78, 5) is 19.4. The number of carboxylic acids is 1. The standard InChI is InChI=1S/C10H8ClN3O2S/c11-8-2-1-7(17-8)6-3-9(14-5-13-6)12-4-10(15)16/h1-3,5H,4H2,(H,15,16)(H,12,13,14). The van der Waals surface area contributed by atoms with Gasteiger partial charge in [0.1, 0.15) is 18.7 Å². The van der Waals surface area contributed by atoms with Crippen LogP contribution in [-0.4, -0.2) is 27.6 Å². The van der Waals surface area contributed by atoms with Crippen molar-refractivity contribution in [1.82, 2.24) is 9.97 Å². The van der Waals surface area contributed by atoms with Crippen molar-refractivity contribution in [1.29, 1.82) is 0 Å². The molecule has 7 heteroatoms. The predicted octanol–water partition coefficient (Wildman–Crippen LogP) is 2.36. The van der Waals surface area contributed by atoms with Gasteiger partial charge < -0.3 is 10.4 Å². The topological polar surface area (TPSA) is 75.1 Å². The molecule has 0 aliphatic heterocycles. The van der Waals surface area contributed by atoms with E-state index in [0.717, 1.165) is 4.88 Å². The Morgan fingerprint density at radius 2 is 2.29 bits per heavy atom. The first kappa shape index (κ1) is 11.8. The van der Waals surface area contributed by atoms with Crippen LogP contribution in [0.5, 0.6) is 0 Å². The summed E-state index contributed by atoms with van der Waals surface area (Å²) in [5, 5.41) is 11.2. The maximum absolute atomic E-state index is 10.4. The molecule has 2 rings (SSSR count). The van der Waals surface area contributed by atoms with Crippen LogP contribution in [0.1, 0.15) is 0 Å². The molecular weight excluding hydrogens is 262 g/mol. The number of hydrogen-bond acceptors (Lipinski definition) is 5. The zero-order chi connectivity index (χ0) is 12.3. The highest BCUT2D eigenvalue weighted by Crippen LogP contribution is 2.30. The SMILES string of the molecule is O=C(O)CNc1cc(-c2ccc(Cl)s2)ncn1. The Bertz CT molecular complexity index is 544. The lowest BCUT2D eigenvalue weighted by Gasteiger charge is -2.03. The zero-order valence-corrected chi connectivity index (χ0v) is 10.1. The molecule has 0 radical (unpaired) electrons. The van der Waals surface area contributed by atoms with Crippen LogP contribution >= 0.6 is 22.9 Å². The number of aliphatic carboxylic acids is 1. The molecular formula is C10H8ClN3O2S. The van der Waals surface area contributed by atoms with Crippen molar-refractivity contribution in [2.24, 2.45) is 0 Å². The van der Waals surface area contributed by atoms with Gasteiger partial charge in [-0.15, -0.1) is 11.3 Å². The Morgan fingerprint density at radius 1 is 1.47 bits per heavy atom. The largest absolute Gasteiger partial charge is 0.480 e. The molecule has 0 bridgehead atoms. The normalized spacial score (nSPS) is 10.2. The Morgan fingerprint density at radius 3 is 2.94 bits per heavy atom. The lowest BCUT2D eigenvalue weighted by Crippen LogP contribution is -2.13. The monoisotopic (exact) mass is 269 g/mol. The molecule has 0 spiro atoms. The molecule has 0 saturated heterocycles. The maximum Gasteiger partial charge on any atom is 0.322 e. The second kappa shape index (κ2) is 5.11. The number of carbonyl (C=O) groups is 1. The van der Waals surface area contributed by atoms with E-state index in [9.17, 15) is 4.79 Å². The summed E-state index contributed by atoms with van der Waals surface area (Å²) in [6.07, 6.45) is 1.38. The van der Waals surface area contributed by atoms with Crippen LogP contribution in [0.4, 0.5) is 5.82 Å². The number of anilines is 1. The van der Waals surface area contributed by atoms with Crippen LogP contribution in [0.15, 0.2) is 24.5 Å². The van der Waals surface area contributed by atoms with Gasteiger partial charge in [0.2, 0.25) is 0 Å². The van der Waals surface area contributed by atoms with Crippen LogP contribution < -0.4 is 5.32 Å². The molecule has 2 heterocycles. The molecule has 0 atom stereocenters. The molecule has 2 aromatic rings. The number of hydrogen-bond donors (Lipinski definition) is 2. The van der Waals surface area contributed by atoms with Gasteiger partial charge >= 0.3 is 5.97 Å². The molecule has 17 heavy (non-hydrogen) atoms. The van der Waals surface area contributed by atoms with E-state index in [1.54, 1.807) is 12.1 Å². The van der Waals surface area contributed by atoms with Gasteiger partial charge in [-0.3, -0.25) is 4.79 Å². The van der Waals surface area contributed by atoms with Crippen molar-refractivity contribution in [3.8, 4) is 10.6 Å². The molecule has 0 aliphatic rings. The fourth-order valence-corrected chi connectivity index (χ4v) is 2.22. The Labute approximate surface area is 106 Å². The van der Waals surface area contributed by atoms with E-state index in [1.165, 1.54) is 17.7 Å². The van der Waals surface area contributed by atoms with Crippen molar-refractivity contribution < 1.29 is 9.90 Å². The highest BCUT2D eigenvalue weighted by atomic mass is 35.5. The summed E-state index contributed by atoms with van der Waals surface area (Å²) in [7, 11) is 0. The van der Waals surface area contributed by atoms with Crippen molar-refractivity contribution in [3.63, 3.8) is 0 Å². The van der Waals surface area contributed by atoms with Gasteiger partial charge in [0.05, 0.1) is 14.9 Å². The van der Waals surface area contributed by atoms with E-state index in [1.807, 2.05) is 6.07 Å². The van der Waals surface area contributed by atoms with Gasteiger partial charge in [-0.25, -0.2) is 9.97 Å². The lowest BCUT2D eigenvalue weighted by atomic mass is 10.3. The van der Waals surface area contributed by atoms with E-state index >= 15 is 0 Å². The minimum atomic E-state index is -0.940. The molecule has 2 aromatic heterocycles. The fraction of sp³-hybridized carbons (Fsp3) is 0.100. The minimum Gasteiger partial charge on any atom is -0.480 e. The molecule has 88 valence electrons. The van der Waals surface area contributed by atoms with E-state index in [2.05, 4.69) is 15.3 Å². The third-order valence-electron chi connectivity index (χ3n) is 1.91. The van der Waals surface area contributed by atoms with Gasteiger partial charge in [-0.2, -0.15) is 0 Å². The second-order valence-corrected chi connectivity index (χ2v) is 4.85. The molecule has 0 aliphatic carbocycles. The van der Waals surface area contributed by atoms with E-state index in [-0.39, 0.29) is 6.54 Å². The number of thiophene rings is 1. The van der Waals surface area contributed by atoms with Crippen molar-refractivity contribution in [2.45, 2.75) is 0 Å². The number of nitrogens with zero attached hydrogens (tertiary/aromatic N) is 2. The predicted molar refractivity (Wildman–Crippen MR) is 66.5 cm³/mol. The minimum absolute atomic E-state index is 0.179.